The van der Waals surface area contributed by atoms with E-state index < -0.39 is 66.0 Å². The molecule has 0 aliphatic rings. The molecule has 10 N–H and O–H groups in total. The summed E-state index contributed by atoms with van der Waals surface area (Å²) >= 11 is 0. The lowest BCUT2D eigenvalue weighted by atomic mass is 9.92. The Bertz CT molecular complexity index is 1040. The lowest BCUT2D eigenvalue weighted by Gasteiger charge is -2.26. The molecule has 0 bridgehead atoms. The molecule has 14 heteroatoms. The van der Waals surface area contributed by atoms with E-state index in [1.165, 1.54) is 5.48 Å². The molecule has 0 saturated heterocycles. The lowest BCUT2D eigenvalue weighted by molar-refractivity contribution is -0.141. The molecule has 0 aliphatic carbocycles. The van der Waals surface area contributed by atoms with Gasteiger partial charge in [-0.15, -0.1) is 0 Å². The standard InChI is InChI=1S/C27H42N6O8/c1-16(2)12-18(14-22(34)33-41)25(38)31-20(13-17-8-4-3-5-9-17)26(39)32-21(15-23(35)36)27(40)30-19(24(29)37)10-6-7-11-28/h3-5,8-9,16,18-21,41H,6-7,10-15,28H2,1-2H3,(H2,29,37)(H,30,40)(H,31,38)(H,32,39)(H,33,34)(H,35,36)/t18-,19+,20+,21+/m1/s1. The minimum Gasteiger partial charge on any atom is -0.481 e. The van der Waals surface area contributed by atoms with Crippen molar-refractivity contribution in [1.29, 1.82) is 0 Å². The third-order valence-electron chi connectivity index (χ3n) is 6.22. The fourth-order valence-corrected chi connectivity index (χ4v) is 4.18. The summed E-state index contributed by atoms with van der Waals surface area (Å²) in [5.41, 5.74) is 13.0. The number of carbonyl (C=O) groups excluding carboxylic acids is 5. The van der Waals surface area contributed by atoms with Gasteiger partial charge in [0.15, 0.2) is 0 Å². The fraction of sp³-hybridized carbons (Fsp3) is 0.556. The molecule has 14 nitrogen and oxygen atoms in total. The van der Waals surface area contributed by atoms with E-state index >= 15 is 0 Å². The quantitative estimate of drug-likeness (QED) is 0.0588. The van der Waals surface area contributed by atoms with Crippen LogP contribution in [-0.2, 0) is 35.2 Å². The summed E-state index contributed by atoms with van der Waals surface area (Å²) in [6.45, 7) is 4.06. The number of nitrogens with two attached hydrogens (primary N) is 2. The largest absolute Gasteiger partial charge is 0.481 e. The zero-order valence-electron chi connectivity index (χ0n) is 23.4. The van der Waals surface area contributed by atoms with Crippen molar-refractivity contribution in [2.75, 3.05) is 6.54 Å². The number of hydroxylamine groups is 1. The predicted octanol–water partition coefficient (Wildman–Crippen LogP) is -0.670. The molecule has 0 radical (unpaired) electrons. The van der Waals surface area contributed by atoms with Crippen molar-refractivity contribution < 1.29 is 39.1 Å². The van der Waals surface area contributed by atoms with Gasteiger partial charge in [0, 0.05) is 18.8 Å². The molecule has 228 valence electrons. The van der Waals surface area contributed by atoms with E-state index in [-0.39, 0.29) is 31.6 Å². The highest BCUT2D eigenvalue weighted by atomic mass is 16.5. The van der Waals surface area contributed by atoms with Crippen LogP contribution in [0.15, 0.2) is 30.3 Å². The molecular weight excluding hydrogens is 536 g/mol. The van der Waals surface area contributed by atoms with Crippen LogP contribution in [0.1, 0.15) is 57.9 Å². The molecule has 0 aromatic heterocycles. The zero-order valence-corrected chi connectivity index (χ0v) is 23.4. The highest BCUT2D eigenvalue weighted by Gasteiger charge is 2.32. The second-order valence-electron chi connectivity index (χ2n) is 10.2. The van der Waals surface area contributed by atoms with Gasteiger partial charge in [-0.25, -0.2) is 5.48 Å². The first kappa shape index (κ1) is 35.0. The minimum atomic E-state index is -1.59. The zero-order chi connectivity index (χ0) is 30.9. The fourth-order valence-electron chi connectivity index (χ4n) is 4.18. The number of benzene rings is 1. The van der Waals surface area contributed by atoms with Crippen LogP contribution in [-0.4, -0.2) is 70.5 Å². The van der Waals surface area contributed by atoms with Gasteiger partial charge < -0.3 is 32.5 Å². The molecule has 0 saturated carbocycles. The third-order valence-corrected chi connectivity index (χ3v) is 6.22. The number of carboxylic acid groups (broad SMARTS) is 1. The highest BCUT2D eigenvalue weighted by Crippen LogP contribution is 2.17. The van der Waals surface area contributed by atoms with Crippen molar-refractivity contribution >= 4 is 35.5 Å². The van der Waals surface area contributed by atoms with Crippen LogP contribution in [0.3, 0.4) is 0 Å². The molecule has 1 aromatic carbocycles. The summed E-state index contributed by atoms with van der Waals surface area (Å²) in [7, 11) is 0. The molecule has 1 rings (SSSR count). The van der Waals surface area contributed by atoms with Gasteiger partial charge in [0.1, 0.15) is 18.1 Å². The maximum Gasteiger partial charge on any atom is 0.305 e. The number of nitrogens with one attached hydrogen (secondary N) is 4. The van der Waals surface area contributed by atoms with E-state index in [0.717, 1.165) is 0 Å². The predicted molar refractivity (Wildman–Crippen MR) is 148 cm³/mol. The Morgan fingerprint density at radius 3 is 1.95 bits per heavy atom. The van der Waals surface area contributed by atoms with Gasteiger partial charge in [0.2, 0.25) is 29.5 Å². The molecule has 0 aliphatic heterocycles. The molecule has 0 fully saturated rings. The number of carboxylic acids is 1. The number of rotatable bonds is 19. The smallest absolute Gasteiger partial charge is 0.305 e. The number of aliphatic carboxylic acids is 1. The van der Waals surface area contributed by atoms with Crippen molar-refractivity contribution in [2.24, 2.45) is 23.3 Å². The van der Waals surface area contributed by atoms with Crippen LogP contribution in [0.5, 0.6) is 0 Å². The van der Waals surface area contributed by atoms with Gasteiger partial charge in [-0.05, 0) is 43.7 Å². The van der Waals surface area contributed by atoms with Crippen LogP contribution in [0.25, 0.3) is 0 Å². The van der Waals surface area contributed by atoms with E-state index in [1.54, 1.807) is 30.3 Å². The maximum absolute atomic E-state index is 13.4. The molecule has 0 unspecified atom stereocenters. The van der Waals surface area contributed by atoms with Gasteiger partial charge in [0.25, 0.3) is 0 Å². The van der Waals surface area contributed by atoms with E-state index in [1.807, 2.05) is 13.8 Å². The Morgan fingerprint density at radius 2 is 1.41 bits per heavy atom. The minimum absolute atomic E-state index is 0.00494. The van der Waals surface area contributed by atoms with Gasteiger partial charge in [-0.3, -0.25) is 34.0 Å². The van der Waals surface area contributed by atoms with Gasteiger partial charge in [-0.1, -0.05) is 44.2 Å². The molecular formula is C27H42N6O8. The second-order valence-corrected chi connectivity index (χ2v) is 10.2. The van der Waals surface area contributed by atoms with Crippen molar-refractivity contribution in [1.82, 2.24) is 21.4 Å². The monoisotopic (exact) mass is 578 g/mol. The summed E-state index contributed by atoms with van der Waals surface area (Å²) < 4.78 is 0. The third kappa shape index (κ3) is 13.7. The van der Waals surface area contributed by atoms with Crippen molar-refractivity contribution in [3.63, 3.8) is 0 Å². The number of hydrogen-bond donors (Lipinski definition) is 8. The number of amides is 5. The van der Waals surface area contributed by atoms with Crippen LogP contribution >= 0.6 is 0 Å². The average Bonchev–Trinajstić information content (AvgIpc) is 2.91. The second kappa shape index (κ2) is 18.3. The Morgan fingerprint density at radius 1 is 0.829 bits per heavy atom. The Hall–Kier alpha value is -4.04. The van der Waals surface area contributed by atoms with E-state index in [2.05, 4.69) is 16.0 Å². The summed E-state index contributed by atoms with van der Waals surface area (Å²) in [6.07, 6.45) is 0.376. The summed E-state index contributed by atoms with van der Waals surface area (Å²) in [5, 5.41) is 25.7. The van der Waals surface area contributed by atoms with Crippen LogP contribution in [0, 0.1) is 11.8 Å². The van der Waals surface area contributed by atoms with Crippen molar-refractivity contribution in [3.05, 3.63) is 35.9 Å². The number of unbranched alkanes of at least 4 members (excludes halogenated alkanes) is 1. The highest BCUT2D eigenvalue weighted by molar-refractivity contribution is 5.96. The van der Waals surface area contributed by atoms with Crippen molar-refractivity contribution in [3.8, 4) is 0 Å². The van der Waals surface area contributed by atoms with Gasteiger partial charge in [0.05, 0.1) is 6.42 Å². The maximum atomic E-state index is 13.4. The first-order valence-corrected chi connectivity index (χ1v) is 13.5. The van der Waals surface area contributed by atoms with Crippen LogP contribution < -0.4 is 32.9 Å². The van der Waals surface area contributed by atoms with Gasteiger partial charge >= 0.3 is 5.97 Å². The number of carbonyl (C=O) groups is 6. The molecule has 1 aromatic rings. The Balaban J connectivity index is 3.20. The Labute approximate surface area is 238 Å². The van der Waals surface area contributed by atoms with E-state index in [4.69, 9.17) is 16.7 Å². The molecule has 4 atom stereocenters. The molecule has 0 spiro atoms. The topological polar surface area (TPSA) is 243 Å². The van der Waals surface area contributed by atoms with Gasteiger partial charge in [-0.2, -0.15) is 0 Å². The van der Waals surface area contributed by atoms with E-state index in [9.17, 15) is 33.9 Å². The number of hydrogen-bond acceptors (Lipinski definition) is 8. The molecule has 5 amide bonds. The summed E-state index contributed by atoms with van der Waals surface area (Å²) in [5.74, 6) is -6.28. The SMILES string of the molecule is CC(C)C[C@H](CC(=O)NO)C(=O)N[C@@H](Cc1ccccc1)C(=O)N[C@@H](CC(=O)O)C(=O)N[C@@H](CCCCN)C(N)=O. The first-order valence-electron chi connectivity index (χ1n) is 13.5. The summed E-state index contributed by atoms with van der Waals surface area (Å²) in [4.78, 5) is 74.7. The normalized spacial score (nSPS) is 13.8. The first-order chi connectivity index (χ1) is 19.4. The Kier molecular flexibility index (Phi) is 15.6. The molecule has 0 heterocycles. The molecule has 41 heavy (non-hydrogen) atoms. The average molecular weight is 579 g/mol. The van der Waals surface area contributed by atoms with Crippen LogP contribution in [0.2, 0.25) is 0 Å². The number of primary amides is 1. The summed E-state index contributed by atoms with van der Waals surface area (Å²) in [6, 6.07) is 4.73. The lowest BCUT2D eigenvalue weighted by Crippen LogP contribution is -2.57. The van der Waals surface area contributed by atoms with E-state index in [0.29, 0.717) is 24.9 Å². The van der Waals surface area contributed by atoms with Crippen molar-refractivity contribution in [2.45, 2.75) is 76.9 Å². The van der Waals surface area contributed by atoms with Crippen LogP contribution in [0.4, 0.5) is 0 Å².